The van der Waals surface area contributed by atoms with E-state index in [0.717, 1.165) is 19.1 Å². The van der Waals surface area contributed by atoms with Crippen molar-refractivity contribution in [1.29, 1.82) is 0 Å². The lowest BCUT2D eigenvalue weighted by atomic mass is 9.95. The average molecular weight is 214 g/mol. The Morgan fingerprint density at radius 2 is 1.67 bits per heavy atom. The van der Waals surface area contributed by atoms with Crippen LogP contribution in [0.5, 0.6) is 0 Å². The first-order valence-electron chi connectivity index (χ1n) is 6.87. The van der Waals surface area contributed by atoms with E-state index in [0.29, 0.717) is 0 Å². The summed E-state index contributed by atoms with van der Waals surface area (Å²) in [6.07, 6.45) is 8.40. The van der Waals surface area contributed by atoms with E-state index >= 15 is 0 Å². The van der Waals surface area contributed by atoms with Crippen LogP contribution in [0.1, 0.15) is 59.3 Å². The molecule has 2 nitrogen and oxygen atoms in total. The number of rotatable bonds is 6. The lowest BCUT2D eigenvalue weighted by Crippen LogP contribution is -2.33. The Bertz CT molecular complexity index is 109. The highest BCUT2D eigenvalue weighted by molar-refractivity contribution is 4.71. The first-order chi connectivity index (χ1) is 7.43. The summed E-state index contributed by atoms with van der Waals surface area (Å²) in [4.78, 5) is 0. The van der Waals surface area contributed by atoms with Gasteiger partial charge in [0.1, 0.15) is 0 Å². The summed E-state index contributed by atoms with van der Waals surface area (Å²) >= 11 is 0. The Morgan fingerprint density at radius 3 is 2.27 bits per heavy atom. The second kappa shape index (κ2) is 12.0. The summed E-state index contributed by atoms with van der Waals surface area (Å²) in [5.74, 6) is 0. The van der Waals surface area contributed by atoms with Crippen LogP contribution in [0.3, 0.4) is 0 Å². The molecular weight excluding hydrogens is 184 g/mol. The van der Waals surface area contributed by atoms with Gasteiger partial charge in [-0.15, -0.1) is 0 Å². The summed E-state index contributed by atoms with van der Waals surface area (Å²) in [5.41, 5.74) is 0. The van der Waals surface area contributed by atoms with E-state index in [-0.39, 0.29) is 0 Å². The number of hydrogen-bond donors (Lipinski definition) is 2. The molecule has 0 atom stereocenters. The molecular formula is C13H30N2. The Balaban J connectivity index is 0.000000921. The average Bonchev–Trinajstić information content (AvgIpc) is 2.33. The molecule has 2 N–H and O–H groups in total. The fraction of sp³-hybridized carbons (Fsp3) is 1.00. The van der Waals surface area contributed by atoms with Gasteiger partial charge in [-0.3, -0.25) is 0 Å². The minimum absolute atomic E-state index is 0.829. The van der Waals surface area contributed by atoms with Crippen LogP contribution in [0, 0.1) is 0 Å². The van der Waals surface area contributed by atoms with Crippen LogP contribution in [-0.2, 0) is 0 Å². The topological polar surface area (TPSA) is 24.1 Å². The molecule has 1 rings (SSSR count). The Labute approximate surface area is 96.2 Å². The molecule has 0 aromatic heterocycles. The maximum Gasteiger partial charge on any atom is 0.00670 e. The van der Waals surface area contributed by atoms with Gasteiger partial charge in [-0.05, 0) is 38.9 Å². The van der Waals surface area contributed by atoms with Crippen LogP contribution in [0.4, 0.5) is 0 Å². The van der Waals surface area contributed by atoms with Gasteiger partial charge in [-0.25, -0.2) is 0 Å². The molecule has 0 radical (unpaired) electrons. The summed E-state index contributed by atoms with van der Waals surface area (Å²) in [5, 5.41) is 6.99. The van der Waals surface area contributed by atoms with E-state index in [9.17, 15) is 0 Å². The highest BCUT2D eigenvalue weighted by Crippen LogP contribution is 2.16. The van der Waals surface area contributed by atoms with Crippen LogP contribution < -0.4 is 10.6 Å². The van der Waals surface area contributed by atoms with Gasteiger partial charge >= 0.3 is 0 Å². The zero-order chi connectivity index (χ0) is 11.4. The minimum atomic E-state index is 0.829. The van der Waals surface area contributed by atoms with Crippen LogP contribution in [-0.4, -0.2) is 25.7 Å². The third-order valence-electron chi connectivity index (χ3n) is 2.82. The molecule has 15 heavy (non-hydrogen) atoms. The molecule has 0 aliphatic heterocycles. The Morgan fingerprint density at radius 1 is 1.00 bits per heavy atom. The van der Waals surface area contributed by atoms with Crippen LogP contribution in [0.2, 0.25) is 0 Å². The molecule has 0 aromatic carbocycles. The molecule has 0 saturated heterocycles. The molecule has 92 valence electrons. The standard InChI is InChI=1S/C11H24N2.C2H6/c1-2-12-9-6-10-13-11-7-4-3-5-8-11;1-2/h11-13H,2-10H2,1H3;1-2H3. The van der Waals surface area contributed by atoms with Crippen molar-refractivity contribution >= 4 is 0 Å². The van der Waals surface area contributed by atoms with Gasteiger partial charge in [0.25, 0.3) is 0 Å². The Hall–Kier alpha value is -0.0800. The lowest BCUT2D eigenvalue weighted by molar-refractivity contribution is 0.371. The summed E-state index contributed by atoms with van der Waals surface area (Å²) in [6.45, 7) is 9.62. The lowest BCUT2D eigenvalue weighted by Gasteiger charge is -2.22. The quantitative estimate of drug-likeness (QED) is 0.664. The molecule has 1 saturated carbocycles. The smallest absolute Gasteiger partial charge is 0.00670 e. The predicted octanol–water partition coefficient (Wildman–Crippen LogP) is 2.93. The summed E-state index contributed by atoms with van der Waals surface area (Å²) < 4.78 is 0. The SMILES string of the molecule is CC.CCNCCCNC1CCCCC1. The maximum absolute atomic E-state index is 3.64. The van der Waals surface area contributed by atoms with Gasteiger partial charge in [0.2, 0.25) is 0 Å². The van der Waals surface area contributed by atoms with Crippen molar-refractivity contribution in [3.8, 4) is 0 Å². The zero-order valence-electron chi connectivity index (χ0n) is 10.9. The predicted molar refractivity (Wildman–Crippen MR) is 69.4 cm³/mol. The second-order valence-corrected chi connectivity index (χ2v) is 4.00. The van der Waals surface area contributed by atoms with E-state index in [1.807, 2.05) is 13.8 Å². The van der Waals surface area contributed by atoms with Crippen LogP contribution in [0.25, 0.3) is 0 Å². The first kappa shape index (κ1) is 14.9. The molecule has 1 aliphatic rings. The molecule has 2 heteroatoms. The van der Waals surface area contributed by atoms with Crippen molar-refractivity contribution in [2.24, 2.45) is 0 Å². The monoisotopic (exact) mass is 214 g/mol. The van der Waals surface area contributed by atoms with Crippen molar-refractivity contribution in [2.45, 2.75) is 65.3 Å². The number of nitrogens with one attached hydrogen (secondary N) is 2. The molecule has 0 spiro atoms. The first-order valence-corrected chi connectivity index (χ1v) is 6.87. The van der Waals surface area contributed by atoms with Gasteiger partial charge in [0.15, 0.2) is 0 Å². The third-order valence-corrected chi connectivity index (χ3v) is 2.82. The molecule has 0 heterocycles. The molecule has 0 unspecified atom stereocenters. The van der Waals surface area contributed by atoms with Crippen molar-refractivity contribution in [3.63, 3.8) is 0 Å². The molecule has 0 aromatic rings. The van der Waals surface area contributed by atoms with Gasteiger partial charge in [-0.2, -0.15) is 0 Å². The largest absolute Gasteiger partial charge is 0.317 e. The minimum Gasteiger partial charge on any atom is -0.317 e. The third kappa shape index (κ3) is 8.88. The highest BCUT2D eigenvalue weighted by atomic mass is 14.9. The maximum atomic E-state index is 3.64. The van der Waals surface area contributed by atoms with E-state index in [1.165, 1.54) is 45.1 Å². The van der Waals surface area contributed by atoms with Crippen molar-refractivity contribution in [3.05, 3.63) is 0 Å². The fourth-order valence-corrected chi connectivity index (χ4v) is 2.00. The molecule has 0 bridgehead atoms. The van der Waals surface area contributed by atoms with Gasteiger partial charge in [0, 0.05) is 6.04 Å². The van der Waals surface area contributed by atoms with Crippen LogP contribution >= 0.6 is 0 Å². The second-order valence-electron chi connectivity index (χ2n) is 4.00. The fourth-order valence-electron chi connectivity index (χ4n) is 2.00. The summed E-state index contributed by atoms with van der Waals surface area (Å²) in [6, 6.07) is 0.829. The molecule has 0 amide bonds. The molecule has 1 aliphatic carbocycles. The van der Waals surface area contributed by atoms with E-state index in [4.69, 9.17) is 0 Å². The Kier molecular flexibility index (Phi) is 11.9. The van der Waals surface area contributed by atoms with Crippen molar-refractivity contribution < 1.29 is 0 Å². The highest BCUT2D eigenvalue weighted by Gasteiger charge is 2.11. The van der Waals surface area contributed by atoms with E-state index in [2.05, 4.69) is 17.6 Å². The zero-order valence-corrected chi connectivity index (χ0v) is 10.9. The number of hydrogen-bond acceptors (Lipinski definition) is 2. The molecule has 1 fully saturated rings. The van der Waals surface area contributed by atoms with Gasteiger partial charge < -0.3 is 10.6 Å². The van der Waals surface area contributed by atoms with Crippen molar-refractivity contribution in [1.82, 2.24) is 10.6 Å². The normalized spacial score (nSPS) is 17.0. The summed E-state index contributed by atoms with van der Waals surface area (Å²) in [7, 11) is 0. The van der Waals surface area contributed by atoms with Crippen molar-refractivity contribution in [2.75, 3.05) is 19.6 Å². The van der Waals surface area contributed by atoms with Gasteiger partial charge in [0.05, 0.1) is 0 Å². The van der Waals surface area contributed by atoms with E-state index in [1.54, 1.807) is 0 Å². The van der Waals surface area contributed by atoms with Crippen LogP contribution in [0.15, 0.2) is 0 Å². The van der Waals surface area contributed by atoms with Gasteiger partial charge in [-0.1, -0.05) is 40.0 Å². The van der Waals surface area contributed by atoms with E-state index < -0.39 is 0 Å².